The molecular weight excluding hydrogens is 468 g/mol. The second-order valence-corrected chi connectivity index (χ2v) is 9.53. The molecule has 2 N–H and O–H groups in total. The molecule has 0 radical (unpaired) electrons. The summed E-state index contributed by atoms with van der Waals surface area (Å²) in [7, 11) is -2.47. The molecule has 0 spiro atoms. The van der Waals surface area contributed by atoms with E-state index >= 15 is 0 Å². The van der Waals surface area contributed by atoms with Crippen molar-refractivity contribution in [2.75, 3.05) is 17.1 Å². The topological polar surface area (TPSA) is 119 Å². The van der Waals surface area contributed by atoms with Crippen LogP contribution in [0.1, 0.15) is 12.0 Å². The SMILES string of the molecule is COc1ccccc1NS(=O)(=O)c1cccc(NC(=O)CCn2cnc3c(C)cccc3c2=O)c1. The largest absolute Gasteiger partial charge is 0.495 e. The predicted octanol–water partition coefficient (Wildman–Crippen LogP) is 3.54. The zero-order chi connectivity index (χ0) is 25.0. The molecular formula is C25H24N4O5S. The van der Waals surface area contributed by atoms with Crippen molar-refractivity contribution in [1.82, 2.24) is 9.55 Å². The Morgan fingerprint density at radius 1 is 1.06 bits per heavy atom. The van der Waals surface area contributed by atoms with Gasteiger partial charge >= 0.3 is 0 Å². The number of nitrogens with one attached hydrogen (secondary N) is 2. The molecule has 0 aliphatic carbocycles. The number of anilines is 2. The monoisotopic (exact) mass is 492 g/mol. The number of carbonyl (C=O) groups excluding carboxylic acids is 1. The van der Waals surface area contributed by atoms with E-state index in [9.17, 15) is 18.0 Å². The summed E-state index contributed by atoms with van der Waals surface area (Å²) < 4.78 is 34.8. The first-order chi connectivity index (χ1) is 16.8. The van der Waals surface area contributed by atoms with E-state index in [1.165, 1.54) is 36.2 Å². The Morgan fingerprint density at radius 2 is 1.83 bits per heavy atom. The zero-order valence-electron chi connectivity index (χ0n) is 19.2. The highest BCUT2D eigenvalue weighted by Crippen LogP contribution is 2.27. The number of ether oxygens (including phenoxy) is 1. The lowest BCUT2D eigenvalue weighted by molar-refractivity contribution is -0.116. The minimum absolute atomic E-state index is 0.00928. The molecule has 0 fully saturated rings. The van der Waals surface area contributed by atoms with Gasteiger partial charge in [-0.3, -0.25) is 18.9 Å². The molecule has 3 aromatic carbocycles. The van der Waals surface area contributed by atoms with Crippen LogP contribution in [0.2, 0.25) is 0 Å². The average Bonchev–Trinajstić information content (AvgIpc) is 2.84. The highest BCUT2D eigenvalue weighted by atomic mass is 32.2. The number of aryl methyl sites for hydroxylation is 2. The molecule has 1 aromatic heterocycles. The van der Waals surface area contributed by atoms with Crippen LogP contribution < -0.4 is 20.3 Å². The summed E-state index contributed by atoms with van der Waals surface area (Å²) in [6.07, 6.45) is 1.44. The van der Waals surface area contributed by atoms with Crippen LogP contribution >= 0.6 is 0 Å². The number of nitrogens with zero attached hydrogens (tertiary/aromatic N) is 2. The summed E-state index contributed by atoms with van der Waals surface area (Å²) in [6.45, 7) is 2.02. The van der Waals surface area contributed by atoms with Crippen LogP contribution in [0, 0.1) is 6.92 Å². The number of amides is 1. The lowest BCUT2D eigenvalue weighted by Gasteiger charge is -2.13. The standard InChI is InChI=1S/C25H24N4O5S/c1-17-7-5-10-20-24(17)26-16-29(25(20)31)14-13-23(30)27-18-8-6-9-19(15-18)35(32,33)28-21-11-3-4-12-22(21)34-2/h3-12,15-16,28H,13-14H2,1-2H3,(H,27,30). The minimum Gasteiger partial charge on any atom is -0.495 e. The Morgan fingerprint density at radius 3 is 2.63 bits per heavy atom. The maximum absolute atomic E-state index is 12.9. The van der Waals surface area contributed by atoms with Crippen LogP contribution in [0.15, 0.2) is 82.7 Å². The molecule has 180 valence electrons. The summed E-state index contributed by atoms with van der Waals surface area (Å²) in [4.78, 5) is 29.5. The number of carbonyl (C=O) groups is 1. The molecule has 0 saturated carbocycles. The second-order valence-electron chi connectivity index (χ2n) is 7.85. The van der Waals surface area contributed by atoms with Crippen LogP contribution in [0.4, 0.5) is 11.4 Å². The number of rotatable bonds is 8. The second kappa shape index (κ2) is 9.98. The van der Waals surface area contributed by atoms with Crippen molar-refractivity contribution in [2.24, 2.45) is 0 Å². The molecule has 4 rings (SSSR count). The molecule has 10 heteroatoms. The summed E-state index contributed by atoms with van der Waals surface area (Å²) >= 11 is 0. The van der Waals surface area contributed by atoms with E-state index < -0.39 is 10.0 Å². The Hall–Kier alpha value is -4.18. The molecule has 0 saturated heterocycles. The van der Waals surface area contributed by atoms with Crippen LogP contribution in [0.25, 0.3) is 10.9 Å². The predicted molar refractivity (Wildman–Crippen MR) is 134 cm³/mol. The quantitative estimate of drug-likeness (QED) is 0.388. The van der Waals surface area contributed by atoms with Gasteiger partial charge in [0.15, 0.2) is 0 Å². The molecule has 35 heavy (non-hydrogen) atoms. The highest BCUT2D eigenvalue weighted by Gasteiger charge is 2.17. The van der Waals surface area contributed by atoms with Crippen LogP contribution in [0.5, 0.6) is 5.75 Å². The lowest BCUT2D eigenvalue weighted by atomic mass is 10.1. The smallest absolute Gasteiger partial charge is 0.262 e. The first-order valence-electron chi connectivity index (χ1n) is 10.8. The van der Waals surface area contributed by atoms with E-state index in [2.05, 4.69) is 15.0 Å². The van der Waals surface area contributed by atoms with Gasteiger partial charge in [0, 0.05) is 18.7 Å². The third kappa shape index (κ3) is 5.33. The number of para-hydroxylation sites is 3. The first kappa shape index (κ1) is 24.0. The Labute approximate surface area is 202 Å². The van der Waals surface area contributed by atoms with Gasteiger partial charge in [-0.05, 0) is 48.9 Å². The highest BCUT2D eigenvalue weighted by molar-refractivity contribution is 7.92. The van der Waals surface area contributed by atoms with Gasteiger partial charge < -0.3 is 10.1 Å². The van der Waals surface area contributed by atoms with E-state index in [-0.39, 0.29) is 29.3 Å². The van der Waals surface area contributed by atoms with Crippen molar-refractivity contribution in [3.63, 3.8) is 0 Å². The number of hydrogen-bond donors (Lipinski definition) is 2. The lowest BCUT2D eigenvalue weighted by Crippen LogP contribution is -2.24. The molecule has 9 nitrogen and oxygen atoms in total. The first-order valence-corrected chi connectivity index (χ1v) is 12.3. The van der Waals surface area contributed by atoms with Crippen molar-refractivity contribution in [2.45, 2.75) is 24.8 Å². The van der Waals surface area contributed by atoms with Gasteiger partial charge in [0.2, 0.25) is 5.91 Å². The van der Waals surface area contributed by atoms with Gasteiger partial charge in [-0.15, -0.1) is 0 Å². The maximum atomic E-state index is 12.9. The number of hydrogen-bond acceptors (Lipinski definition) is 6. The molecule has 0 aliphatic rings. The summed E-state index contributed by atoms with van der Waals surface area (Å²) in [5.41, 5.74) is 1.94. The van der Waals surface area contributed by atoms with Crippen LogP contribution in [0.3, 0.4) is 0 Å². The number of benzene rings is 3. The van der Waals surface area contributed by atoms with Gasteiger partial charge in [-0.2, -0.15) is 0 Å². The van der Waals surface area contributed by atoms with Crippen molar-refractivity contribution in [3.8, 4) is 5.75 Å². The number of aromatic nitrogens is 2. The van der Waals surface area contributed by atoms with Crippen molar-refractivity contribution >= 4 is 38.2 Å². The minimum atomic E-state index is -3.92. The molecule has 0 aliphatic heterocycles. The normalized spacial score (nSPS) is 11.3. The van der Waals surface area contributed by atoms with E-state index in [4.69, 9.17) is 4.74 Å². The third-order valence-corrected chi connectivity index (χ3v) is 6.78. The van der Waals surface area contributed by atoms with Crippen LogP contribution in [-0.4, -0.2) is 31.0 Å². The summed E-state index contributed by atoms with van der Waals surface area (Å²) in [6, 6.07) is 18.0. The fourth-order valence-corrected chi connectivity index (χ4v) is 4.73. The molecule has 1 amide bonds. The van der Waals surface area contributed by atoms with Gasteiger partial charge in [0.1, 0.15) is 5.75 Å². The molecule has 0 bridgehead atoms. The molecule has 0 atom stereocenters. The van der Waals surface area contributed by atoms with E-state index in [1.54, 1.807) is 42.5 Å². The molecule has 4 aromatic rings. The summed E-state index contributed by atoms with van der Waals surface area (Å²) in [5, 5.41) is 3.18. The zero-order valence-corrected chi connectivity index (χ0v) is 20.0. The Bertz CT molecular complexity index is 1560. The maximum Gasteiger partial charge on any atom is 0.262 e. The van der Waals surface area contributed by atoms with E-state index in [0.29, 0.717) is 28.0 Å². The number of sulfonamides is 1. The van der Waals surface area contributed by atoms with Crippen molar-refractivity contribution in [1.29, 1.82) is 0 Å². The van der Waals surface area contributed by atoms with Crippen LogP contribution in [-0.2, 0) is 21.4 Å². The third-order valence-electron chi connectivity index (χ3n) is 5.41. The number of methoxy groups -OCH3 is 1. The van der Waals surface area contributed by atoms with Gasteiger partial charge in [-0.25, -0.2) is 13.4 Å². The summed E-state index contributed by atoms with van der Waals surface area (Å²) in [5.74, 6) is 0.0163. The Kier molecular flexibility index (Phi) is 6.83. The average molecular weight is 493 g/mol. The van der Waals surface area contributed by atoms with Crippen molar-refractivity contribution in [3.05, 3.63) is 89.0 Å². The fraction of sp³-hybridized carbons (Fsp3) is 0.160. The number of fused-ring (bicyclic) bond motifs is 1. The fourth-order valence-electron chi connectivity index (χ4n) is 3.62. The molecule has 0 unspecified atom stereocenters. The van der Waals surface area contributed by atoms with Crippen molar-refractivity contribution < 1.29 is 17.9 Å². The molecule has 1 heterocycles. The van der Waals surface area contributed by atoms with Gasteiger partial charge in [0.05, 0.1) is 34.9 Å². The van der Waals surface area contributed by atoms with E-state index in [1.807, 2.05) is 13.0 Å². The van der Waals surface area contributed by atoms with Gasteiger partial charge in [-0.1, -0.05) is 30.3 Å². The van der Waals surface area contributed by atoms with E-state index in [0.717, 1.165) is 5.56 Å². The Balaban J connectivity index is 1.45. The van der Waals surface area contributed by atoms with Gasteiger partial charge in [0.25, 0.3) is 15.6 Å².